The van der Waals surface area contributed by atoms with E-state index in [2.05, 4.69) is 194 Å². The van der Waals surface area contributed by atoms with Crippen LogP contribution in [0, 0.1) is 0 Å². The molecule has 0 aliphatic heterocycles. The van der Waals surface area contributed by atoms with Crippen LogP contribution in [-0.4, -0.2) is 29.9 Å². The first-order valence-electron chi connectivity index (χ1n) is 24.5. The highest BCUT2D eigenvalue weighted by Crippen LogP contribution is 2.57. The van der Waals surface area contributed by atoms with E-state index in [4.69, 9.17) is 29.9 Å². The largest absolute Gasteiger partial charge is 0.208 e. The minimum atomic E-state index is 0.00213. The summed E-state index contributed by atoms with van der Waals surface area (Å²) >= 11 is 0. The molecule has 0 saturated heterocycles. The second-order valence-corrected chi connectivity index (χ2v) is 18.9. The van der Waals surface area contributed by atoms with E-state index in [9.17, 15) is 0 Å². The summed E-state index contributed by atoms with van der Waals surface area (Å²) in [5.74, 6) is 3.86. The SMILES string of the molecule is c1ccc(-c2nc(-c3ccc4c(c3)C3c5ccccc5C4c4cc(-c5nc(-c6ccccc6)nc(-c6cc7ccccc7c7ccccc67)n5)ccc43)nc(-c3cc4ccccc4c4ccccc34)n2)cc1. The second kappa shape index (κ2) is 16.0. The number of rotatable bonds is 6. The van der Waals surface area contributed by atoms with Crippen LogP contribution in [0.25, 0.3) is 111 Å². The van der Waals surface area contributed by atoms with Crippen LogP contribution in [0.2, 0.25) is 0 Å². The number of aromatic nitrogens is 6. The van der Waals surface area contributed by atoms with E-state index in [1.165, 1.54) is 54.9 Å². The summed E-state index contributed by atoms with van der Waals surface area (Å²) in [5.41, 5.74) is 13.5. The van der Waals surface area contributed by atoms with Gasteiger partial charge in [-0.25, -0.2) is 29.9 Å². The zero-order chi connectivity index (χ0) is 47.3. The molecule has 11 aromatic carbocycles. The van der Waals surface area contributed by atoms with Crippen LogP contribution in [0.15, 0.2) is 231 Å². The summed E-state index contributed by atoms with van der Waals surface area (Å²) in [5, 5.41) is 9.25. The lowest BCUT2D eigenvalue weighted by Crippen LogP contribution is -2.27. The van der Waals surface area contributed by atoms with E-state index in [1.54, 1.807) is 0 Å². The minimum Gasteiger partial charge on any atom is -0.208 e. The molecule has 0 N–H and O–H groups in total. The van der Waals surface area contributed by atoms with E-state index in [0.717, 1.165) is 54.9 Å². The molecule has 2 aromatic heterocycles. The standard InChI is InChI=1S/C66H40N6/c1-3-17-39(18-4-1)61-67-63(71-65(69-61)57-35-41-21-7-9-23-45(41)47-25-11-13-27-49(47)57)43-31-33-53-55(37-43)59-51-29-15-16-30-52(51)60(53)56-38-44(32-34-54(56)59)64-68-62(40-19-5-2-6-20-40)70-66(72-64)58-36-42-22-8-10-24-46(42)48-26-12-14-28-50(48)58/h1-38,59-60H. The van der Waals surface area contributed by atoms with Crippen LogP contribution >= 0.6 is 0 Å². The van der Waals surface area contributed by atoms with Crippen molar-refractivity contribution in [2.45, 2.75) is 11.8 Å². The molecule has 2 unspecified atom stereocenters. The van der Waals surface area contributed by atoms with E-state index in [1.807, 2.05) is 36.4 Å². The molecule has 2 bridgehead atoms. The van der Waals surface area contributed by atoms with Crippen molar-refractivity contribution in [1.82, 2.24) is 29.9 Å². The minimum absolute atomic E-state index is 0.00213. The van der Waals surface area contributed by atoms with Gasteiger partial charge in [-0.15, -0.1) is 0 Å². The van der Waals surface area contributed by atoms with Gasteiger partial charge in [0.1, 0.15) is 0 Å². The fourth-order valence-corrected chi connectivity index (χ4v) is 11.7. The summed E-state index contributed by atoms with van der Waals surface area (Å²) in [7, 11) is 0. The highest BCUT2D eigenvalue weighted by Gasteiger charge is 2.41. The van der Waals surface area contributed by atoms with Gasteiger partial charge in [0, 0.05) is 45.2 Å². The summed E-state index contributed by atoms with van der Waals surface area (Å²) in [6, 6.07) is 81.8. The average molecular weight is 917 g/mol. The first-order valence-corrected chi connectivity index (χ1v) is 24.5. The first-order chi connectivity index (χ1) is 35.7. The number of benzene rings is 11. The smallest absolute Gasteiger partial charge is 0.164 e. The quantitative estimate of drug-likeness (QED) is 0.155. The number of hydrogen-bond acceptors (Lipinski definition) is 6. The van der Waals surface area contributed by atoms with Crippen molar-refractivity contribution >= 4 is 43.1 Å². The molecule has 3 aliphatic carbocycles. The van der Waals surface area contributed by atoms with Gasteiger partial charge in [-0.05, 0) is 101 Å². The van der Waals surface area contributed by atoms with Crippen molar-refractivity contribution in [3.05, 3.63) is 264 Å². The van der Waals surface area contributed by atoms with Crippen molar-refractivity contribution in [2.75, 3.05) is 0 Å². The maximum Gasteiger partial charge on any atom is 0.164 e. The third-order valence-electron chi connectivity index (χ3n) is 14.9. The van der Waals surface area contributed by atoms with Gasteiger partial charge in [-0.1, -0.05) is 206 Å². The molecular formula is C66H40N6. The molecule has 0 fully saturated rings. The fourth-order valence-electron chi connectivity index (χ4n) is 11.7. The third-order valence-corrected chi connectivity index (χ3v) is 14.9. The molecular weight excluding hydrogens is 877 g/mol. The molecule has 0 saturated carbocycles. The number of hydrogen-bond donors (Lipinski definition) is 0. The van der Waals surface area contributed by atoms with Gasteiger partial charge >= 0.3 is 0 Å². The van der Waals surface area contributed by atoms with Crippen LogP contribution in [0.3, 0.4) is 0 Å². The molecule has 2 heterocycles. The van der Waals surface area contributed by atoms with E-state index < -0.39 is 0 Å². The maximum absolute atomic E-state index is 5.35. The molecule has 72 heavy (non-hydrogen) atoms. The second-order valence-electron chi connectivity index (χ2n) is 18.9. The van der Waals surface area contributed by atoms with Gasteiger partial charge in [0.05, 0.1) is 0 Å². The highest BCUT2D eigenvalue weighted by molar-refractivity contribution is 6.14. The topological polar surface area (TPSA) is 77.3 Å². The van der Waals surface area contributed by atoms with Crippen LogP contribution in [0.1, 0.15) is 45.2 Å². The molecule has 16 rings (SSSR count). The van der Waals surface area contributed by atoms with E-state index >= 15 is 0 Å². The first kappa shape index (κ1) is 40.4. The Kier molecular flexibility index (Phi) is 8.98. The lowest BCUT2D eigenvalue weighted by molar-refractivity contribution is 0.754. The van der Waals surface area contributed by atoms with Crippen molar-refractivity contribution in [1.29, 1.82) is 0 Å². The predicted molar refractivity (Wildman–Crippen MR) is 291 cm³/mol. The maximum atomic E-state index is 5.35. The summed E-state index contributed by atoms with van der Waals surface area (Å²) in [6.07, 6.45) is 0. The molecule has 3 aliphatic rings. The highest BCUT2D eigenvalue weighted by atomic mass is 15.0. The molecule has 2 atom stereocenters. The fraction of sp³-hybridized carbons (Fsp3) is 0.0303. The summed E-state index contributed by atoms with van der Waals surface area (Å²) < 4.78 is 0. The van der Waals surface area contributed by atoms with Crippen LogP contribution in [0.4, 0.5) is 0 Å². The van der Waals surface area contributed by atoms with Crippen LogP contribution < -0.4 is 0 Å². The summed E-state index contributed by atoms with van der Waals surface area (Å²) in [4.78, 5) is 31.6. The lowest BCUT2D eigenvalue weighted by Gasteiger charge is -2.42. The normalized spacial score (nSPS) is 14.4. The predicted octanol–water partition coefficient (Wildman–Crippen LogP) is 15.7. The molecule has 334 valence electrons. The Morgan fingerprint density at radius 1 is 0.208 bits per heavy atom. The summed E-state index contributed by atoms with van der Waals surface area (Å²) in [6.45, 7) is 0. The number of fused-ring (bicyclic) bond motifs is 6. The Balaban J connectivity index is 0.883. The third kappa shape index (κ3) is 6.36. The van der Waals surface area contributed by atoms with Gasteiger partial charge in [0.15, 0.2) is 34.9 Å². The van der Waals surface area contributed by atoms with Crippen LogP contribution in [-0.2, 0) is 0 Å². The van der Waals surface area contributed by atoms with Gasteiger partial charge in [-0.3, -0.25) is 0 Å². The zero-order valence-corrected chi connectivity index (χ0v) is 38.8. The molecule has 0 spiro atoms. The molecule has 13 aromatic rings. The monoisotopic (exact) mass is 916 g/mol. The Labute approximate surface area is 415 Å². The van der Waals surface area contributed by atoms with Crippen molar-refractivity contribution in [2.24, 2.45) is 0 Å². The van der Waals surface area contributed by atoms with Crippen LogP contribution in [0.5, 0.6) is 0 Å². The molecule has 6 heteroatoms. The van der Waals surface area contributed by atoms with Gasteiger partial charge in [0.2, 0.25) is 0 Å². The van der Waals surface area contributed by atoms with Crippen molar-refractivity contribution in [3.8, 4) is 68.3 Å². The molecule has 0 radical (unpaired) electrons. The van der Waals surface area contributed by atoms with Gasteiger partial charge in [-0.2, -0.15) is 0 Å². The van der Waals surface area contributed by atoms with Gasteiger partial charge in [0.25, 0.3) is 0 Å². The Bertz CT molecular complexity index is 4080. The average Bonchev–Trinajstić information content (AvgIpc) is 3.46. The van der Waals surface area contributed by atoms with Gasteiger partial charge < -0.3 is 0 Å². The molecule has 0 amide bonds. The molecule has 6 nitrogen and oxygen atoms in total. The Morgan fingerprint density at radius 3 is 0.958 bits per heavy atom. The van der Waals surface area contributed by atoms with Crippen molar-refractivity contribution < 1.29 is 0 Å². The van der Waals surface area contributed by atoms with E-state index in [-0.39, 0.29) is 11.8 Å². The zero-order valence-electron chi connectivity index (χ0n) is 38.8. The number of nitrogens with zero attached hydrogens (tertiary/aromatic N) is 6. The van der Waals surface area contributed by atoms with Crippen molar-refractivity contribution in [3.63, 3.8) is 0 Å². The lowest BCUT2D eigenvalue weighted by atomic mass is 9.61. The van der Waals surface area contributed by atoms with E-state index in [0.29, 0.717) is 34.9 Å². The Hall–Kier alpha value is -9.52. The Morgan fingerprint density at radius 2 is 0.528 bits per heavy atom.